The largest absolute Gasteiger partial charge is 0.467 e. The fraction of sp³-hybridized carbons (Fsp3) is 0.706. The second-order valence-corrected chi connectivity index (χ2v) is 6.50. The smallest absolute Gasteiger partial charge is 0.328 e. The zero-order chi connectivity index (χ0) is 16.9. The molecule has 0 unspecified atom stereocenters. The van der Waals surface area contributed by atoms with Gasteiger partial charge >= 0.3 is 5.97 Å². The number of nitrogens with zero attached hydrogens (tertiary/aromatic N) is 3. The second-order valence-electron chi connectivity index (χ2n) is 6.50. The first-order valence-electron chi connectivity index (χ1n) is 8.82. The highest BCUT2D eigenvalue weighted by atomic mass is 16.5. The molecule has 7 nitrogen and oxygen atoms in total. The van der Waals surface area contributed by atoms with E-state index in [0.29, 0.717) is 25.8 Å². The summed E-state index contributed by atoms with van der Waals surface area (Å²) in [6.45, 7) is 3.41. The summed E-state index contributed by atoms with van der Waals surface area (Å²) in [7, 11) is 1.38. The van der Waals surface area contributed by atoms with Crippen LogP contribution in [-0.4, -0.2) is 52.8 Å². The summed E-state index contributed by atoms with van der Waals surface area (Å²) in [6.07, 6.45) is 4.68. The van der Waals surface area contributed by atoms with E-state index in [-0.39, 0.29) is 11.9 Å². The normalized spacial score (nSPS) is 21.0. The first-order valence-corrected chi connectivity index (χ1v) is 8.82. The minimum atomic E-state index is -0.417. The van der Waals surface area contributed by atoms with Crippen molar-refractivity contribution >= 4 is 11.9 Å². The van der Waals surface area contributed by atoms with E-state index in [2.05, 4.69) is 16.5 Å². The number of rotatable bonds is 4. The molecule has 132 valence electrons. The van der Waals surface area contributed by atoms with Gasteiger partial charge in [0.25, 0.3) is 0 Å². The first-order chi connectivity index (χ1) is 11.7. The van der Waals surface area contributed by atoms with E-state index in [1.807, 2.05) is 4.68 Å². The molecule has 1 aromatic rings. The van der Waals surface area contributed by atoms with Gasteiger partial charge in [-0.05, 0) is 38.3 Å². The summed E-state index contributed by atoms with van der Waals surface area (Å²) in [5, 5.41) is 7.98. The molecule has 0 aliphatic carbocycles. The molecule has 1 N–H and O–H groups in total. The van der Waals surface area contributed by atoms with E-state index in [1.54, 1.807) is 4.90 Å². The van der Waals surface area contributed by atoms with Gasteiger partial charge in [0.2, 0.25) is 5.91 Å². The van der Waals surface area contributed by atoms with Gasteiger partial charge in [0, 0.05) is 32.5 Å². The number of ether oxygens (including phenoxy) is 1. The number of esters is 1. The lowest BCUT2D eigenvalue weighted by atomic mass is 10.0. The maximum absolute atomic E-state index is 12.6. The van der Waals surface area contributed by atoms with Crippen LogP contribution in [0.5, 0.6) is 0 Å². The maximum atomic E-state index is 12.6. The predicted molar refractivity (Wildman–Crippen MR) is 88.2 cm³/mol. The van der Waals surface area contributed by atoms with Gasteiger partial charge < -0.3 is 15.0 Å². The lowest BCUT2D eigenvalue weighted by Crippen LogP contribution is -2.48. The van der Waals surface area contributed by atoms with Gasteiger partial charge in [-0.15, -0.1) is 0 Å². The molecule has 1 fully saturated rings. The molecule has 3 rings (SSSR count). The van der Waals surface area contributed by atoms with Crippen molar-refractivity contribution in [2.75, 3.05) is 20.2 Å². The Morgan fingerprint density at radius 2 is 2.21 bits per heavy atom. The highest BCUT2D eigenvalue weighted by Crippen LogP contribution is 2.20. The minimum Gasteiger partial charge on any atom is -0.467 e. The van der Waals surface area contributed by atoms with Crippen LogP contribution < -0.4 is 5.32 Å². The van der Waals surface area contributed by atoms with E-state index in [9.17, 15) is 9.59 Å². The molecule has 0 bridgehead atoms. The van der Waals surface area contributed by atoms with Gasteiger partial charge in [-0.3, -0.25) is 9.48 Å². The third-order valence-electron chi connectivity index (χ3n) is 4.83. The van der Waals surface area contributed by atoms with E-state index in [1.165, 1.54) is 12.8 Å². The maximum Gasteiger partial charge on any atom is 0.328 e. The Kier molecular flexibility index (Phi) is 5.50. The third kappa shape index (κ3) is 3.77. The van der Waals surface area contributed by atoms with Gasteiger partial charge in [-0.2, -0.15) is 5.10 Å². The molecule has 0 saturated carbocycles. The number of hydrogen-bond acceptors (Lipinski definition) is 5. The number of likely N-dealkylation sites (tertiary alicyclic amines) is 1. The predicted octanol–water partition coefficient (Wildman–Crippen LogP) is 0.863. The molecule has 2 aliphatic heterocycles. The van der Waals surface area contributed by atoms with E-state index < -0.39 is 6.04 Å². The lowest BCUT2D eigenvalue weighted by Gasteiger charge is -2.33. The molecular weight excluding hydrogens is 308 g/mol. The number of methoxy groups -OCH3 is 1. The van der Waals surface area contributed by atoms with Crippen LogP contribution in [0.3, 0.4) is 0 Å². The summed E-state index contributed by atoms with van der Waals surface area (Å²) in [5.74, 6) is -0.283. The van der Waals surface area contributed by atoms with E-state index in [0.717, 1.165) is 44.6 Å². The Balaban J connectivity index is 1.59. The summed E-state index contributed by atoms with van der Waals surface area (Å²) >= 11 is 0. The molecule has 1 atom stereocenters. The Morgan fingerprint density at radius 1 is 1.33 bits per heavy atom. The zero-order valence-electron chi connectivity index (χ0n) is 14.3. The number of nitrogens with one attached hydrogen (secondary N) is 1. The van der Waals surface area contributed by atoms with Crippen LogP contribution in [0.15, 0.2) is 6.07 Å². The van der Waals surface area contributed by atoms with Crippen molar-refractivity contribution < 1.29 is 14.3 Å². The van der Waals surface area contributed by atoms with Crippen molar-refractivity contribution in [3.05, 3.63) is 17.5 Å². The number of aromatic nitrogens is 2. The van der Waals surface area contributed by atoms with Crippen LogP contribution in [0, 0.1) is 0 Å². The van der Waals surface area contributed by atoms with Crippen LogP contribution >= 0.6 is 0 Å². The van der Waals surface area contributed by atoms with Crippen LogP contribution in [0.1, 0.15) is 43.5 Å². The molecule has 2 aliphatic rings. The highest BCUT2D eigenvalue weighted by Gasteiger charge is 2.32. The molecule has 1 saturated heterocycles. The van der Waals surface area contributed by atoms with Crippen molar-refractivity contribution in [1.82, 2.24) is 20.0 Å². The zero-order valence-corrected chi connectivity index (χ0v) is 14.3. The van der Waals surface area contributed by atoms with Crippen molar-refractivity contribution in [3.63, 3.8) is 0 Å². The molecule has 24 heavy (non-hydrogen) atoms. The quantitative estimate of drug-likeness (QED) is 0.827. The number of amides is 1. The monoisotopic (exact) mass is 334 g/mol. The fourth-order valence-electron chi connectivity index (χ4n) is 3.53. The molecule has 0 spiro atoms. The number of carbonyl (C=O) groups is 2. The summed E-state index contributed by atoms with van der Waals surface area (Å²) in [4.78, 5) is 26.1. The van der Waals surface area contributed by atoms with Crippen molar-refractivity contribution in [3.8, 4) is 0 Å². The van der Waals surface area contributed by atoms with Gasteiger partial charge in [0.05, 0.1) is 18.5 Å². The Hall–Kier alpha value is -1.89. The molecule has 7 heteroatoms. The minimum absolute atomic E-state index is 0.0198. The lowest BCUT2D eigenvalue weighted by molar-refractivity contribution is -0.154. The molecule has 0 aromatic carbocycles. The summed E-state index contributed by atoms with van der Waals surface area (Å²) in [6, 6.07) is 1.67. The number of fused-ring (bicyclic) bond motifs is 1. The molecule has 1 aromatic heterocycles. The average Bonchev–Trinajstić information content (AvgIpc) is 2.88. The molecule has 3 heterocycles. The Labute approximate surface area is 142 Å². The first kappa shape index (κ1) is 17.0. The van der Waals surface area contributed by atoms with Crippen molar-refractivity contribution in [2.45, 2.75) is 57.7 Å². The van der Waals surface area contributed by atoms with Gasteiger partial charge in [0.1, 0.15) is 6.04 Å². The topological polar surface area (TPSA) is 76.5 Å². The van der Waals surface area contributed by atoms with Crippen molar-refractivity contribution in [1.29, 1.82) is 0 Å². The van der Waals surface area contributed by atoms with E-state index in [4.69, 9.17) is 4.74 Å². The fourth-order valence-corrected chi connectivity index (χ4v) is 3.53. The van der Waals surface area contributed by atoms with E-state index >= 15 is 0 Å². The van der Waals surface area contributed by atoms with Gasteiger partial charge in [-0.1, -0.05) is 0 Å². The van der Waals surface area contributed by atoms with Crippen LogP contribution in [0.2, 0.25) is 0 Å². The molecular formula is C17H26N4O3. The van der Waals surface area contributed by atoms with Gasteiger partial charge in [0.15, 0.2) is 0 Å². The molecule has 1 amide bonds. The Bertz CT molecular complexity index is 575. The van der Waals surface area contributed by atoms with Crippen molar-refractivity contribution in [2.24, 2.45) is 0 Å². The average molecular weight is 334 g/mol. The third-order valence-corrected chi connectivity index (χ3v) is 4.83. The Morgan fingerprint density at radius 3 is 3.04 bits per heavy atom. The molecule has 0 radical (unpaired) electrons. The van der Waals surface area contributed by atoms with Crippen LogP contribution in [-0.2, 0) is 33.8 Å². The standard InChI is InChI=1S/C17H26N4O3/c1-24-17(23)15-5-2-3-9-20(15)16(22)7-6-13-11-14-12-18-8-4-10-21(14)19-13/h11,15,18H,2-10,12H2,1H3/t15-/m1/s1. The van der Waals surface area contributed by atoms with Crippen LogP contribution in [0.25, 0.3) is 0 Å². The number of carbonyl (C=O) groups excluding carboxylic acids is 2. The van der Waals surface area contributed by atoms with Gasteiger partial charge in [-0.25, -0.2) is 4.79 Å². The second kappa shape index (κ2) is 7.79. The van der Waals surface area contributed by atoms with Crippen LogP contribution in [0.4, 0.5) is 0 Å². The SMILES string of the molecule is COC(=O)[C@H]1CCCCN1C(=O)CCc1cc2n(n1)CCCNC2. The summed E-state index contributed by atoms with van der Waals surface area (Å²) in [5.41, 5.74) is 2.13. The summed E-state index contributed by atoms with van der Waals surface area (Å²) < 4.78 is 6.88. The number of piperidine rings is 1. The number of aryl methyl sites for hydroxylation is 2. The highest BCUT2D eigenvalue weighted by molar-refractivity contribution is 5.84. The number of hydrogen-bond donors (Lipinski definition) is 1.